The van der Waals surface area contributed by atoms with Crippen LogP contribution in [-0.4, -0.2) is 6.29 Å². The first kappa shape index (κ1) is 9.97. The molecule has 0 aromatic heterocycles. The molecule has 0 aliphatic rings. The highest BCUT2D eigenvalue weighted by Gasteiger charge is 2.19. The topological polar surface area (TPSA) is 17.1 Å². The van der Waals surface area contributed by atoms with Crippen LogP contribution >= 0.6 is 0 Å². The number of hydrogen-bond donors (Lipinski definition) is 0. The average Bonchev–Trinajstić information content (AvgIpc) is 2.04. The van der Waals surface area contributed by atoms with Gasteiger partial charge in [0, 0.05) is 6.42 Å². The first-order valence-electron chi connectivity index (χ1n) is 4.57. The molecule has 0 aliphatic carbocycles. The van der Waals surface area contributed by atoms with Crippen molar-refractivity contribution in [1.29, 1.82) is 0 Å². The third kappa shape index (κ3) is 2.41. The summed E-state index contributed by atoms with van der Waals surface area (Å²) in [6, 6.07) is 8.33. The van der Waals surface area contributed by atoms with Crippen molar-refractivity contribution in [2.24, 2.45) is 0 Å². The Labute approximate surface area is 79.8 Å². The Bertz CT molecular complexity index is 300. The molecule has 13 heavy (non-hydrogen) atoms. The van der Waals surface area contributed by atoms with Crippen LogP contribution in [0.1, 0.15) is 31.4 Å². The van der Waals surface area contributed by atoms with Crippen LogP contribution in [0.2, 0.25) is 0 Å². The van der Waals surface area contributed by atoms with E-state index in [1.54, 1.807) is 0 Å². The van der Waals surface area contributed by atoms with Gasteiger partial charge in [-0.2, -0.15) is 0 Å². The lowest BCUT2D eigenvalue weighted by atomic mass is 9.81. The summed E-state index contributed by atoms with van der Waals surface area (Å²) in [5.74, 6) is 0. The number of benzene rings is 1. The Morgan fingerprint density at radius 1 is 1.38 bits per heavy atom. The smallest absolute Gasteiger partial charge is 0.120 e. The summed E-state index contributed by atoms with van der Waals surface area (Å²) in [6.07, 6.45) is 1.57. The van der Waals surface area contributed by atoms with Crippen LogP contribution in [-0.2, 0) is 10.2 Å². The van der Waals surface area contributed by atoms with Crippen LogP contribution in [0.15, 0.2) is 24.3 Å². The van der Waals surface area contributed by atoms with E-state index < -0.39 is 0 Å². The highest BCUT2D eigenvalue weighted by atomic mass is 16.1. The zero-order valence-electron chi connectivity index (χ0n) is 8.50. The minimum atomic E-state index is -0.0340. The molecule has 1 aromatic carbocycles. The predicted octanol–water partition coefficient (Wildman–Crippen LogP) is 2.86. The van der Waals surface area contributed by atoms with E-state index in [4.69, 9.17) is 0 Å². The Kier molecular flexibility index (Phi) is 2.86. The van der Waals surface area contributed by atoms with Gasteiger partial charge in [-0.15, -0.1) is 0 Å². The minimum absolute atomic E-state index is 0.0340. The average molecular weight is 176 g/mol. The van der Waals surface area contributed by atoms with Gasteiger partial charge in [0.05, 0.1) is 0 Å². The summed E-state index contributed by atoms with van der Waals surface area (Å²) in [6.45, 7) is 6.26. The second-order valence-electron chi connectivity index (χ2n) is 4.12. The fourth-order valence-corrected chi connectivity index (χ4v) is 1.39. The van der Waals surface area contributed by atoms with Crippen LogP contribution in [0.4, 0.5) is 0 Å². The van der Waals surface area contributed by atoms with Crippen LogP contribution in [0.25, 0.3) is 0 Å². The number of aryl methyl sites for hydroxylation is 1. The van der Waals surface area contributed by atoms with Crippen molar-refractivity contribution in [2.45, 2.75) is 32.6 Å². The van der Waals surface area contributed by atoms with E-state index in [9.17, 15) is 4.79 Å². The lowest BCUT2D eigenvalue weighted by Gasteiger charge is -2.22. The molecule has 0 heterocycles. The molecule has 0 fully saturated rings. The SMILES string of the molecule is Cc1cccc(C(C)(C)CC=O)c1. The van der Waals surface area contributed by atoms with Gasteiger partial charge in [0.25, 0.3) is 0 Å². The van der Waals surface area contributed by atoms with E-state index in [1.165, 1.54) is 11.1 Å². The molecule has 0 amide bonds. The van der Waals surface area contributed by atoms with E-state index in [0.717, 1.165) is 6.29 Å². The van der Waals surface area contributed by atoms with Gasteiger partial charge in [0.15, 0.2) is 0 Å². The van der Waals surface area contributed by atoms with Gasteiger partial charge in [-0.3, -0.25) is 0 Å². The number of aldehydes is 1. The maximum absolute atomic E-state index is 10.5. The summed E-state index contributed by atoms with van der Waals surface area (Å²) in [5.41, 5.74) is 2.45. The quantitative estimate of drug-likeness (QED) is 0.647. The summed E-state index contributed by atoms with van der Waals surface area (Å²) in [5, 5.41) is 0. The summed E-state index contributed by atoms with van der Waals surface area (Å²) in [4.78, 5) is 10.5. The highest BCUT2D eigenvalue weighted by molar-refractivity contribution is 5.53. The number of carbonyl (C=O) groups excluding carboxylic acids is 1. The summed E-state index contributed by atoms with van der Waals surface area (Å²) < 4.78 is 0. The van der Waals surface area contributed by atoms with Gasteiger partial charge in [-0.05, 0) is 17.9 Å². The molecule has 1 nitrogen and oxygen atoms in total. The maximum Gasteiger partial charge on any atom is 0.120 e. The first-order valence-corrected chi connectivity index (χ1v) is 4.57. The van der Waals surface area contributed by atoms with Gasteiger partial charge in [0.2, 0.25) is 0 Å². The Balaban J connectivity index is 2.99. The second-order valence-corrected chi connectivity index (χ2v) is 4.12. The molecule has 0 radical (unpaired) electrons. The van der Waals surface area contributed by atoms with Crippen LogP contribution in [0.3, 0.4) is 0 Å². The van der Waals surface area contributed by atoms with Crippen molar-refractivity contribution in [2.75, 3.05) is 0 Å². The van der Waals surface area contributed by atoms with Crippen molar-refractivity contribution >= 4 is 6.29 Å². The summed E-state index contributed by atoms with van der Waals surface area (Å²) >= 11 is 0. The molecule has 0 spiro atoms. The number of rotatable bonds is 3. The minimum Gasteiger partial charge on any atom is -0.303 e. The molecule has 70 valence electrons. The number of carbonyl (C=O) groups is 1. The normalized spacial score (nSPS) is 11.3. The van der Waals surface area contributed by atoms with Gasteiger partial charge in [0.1, 0.15) is 6.29 Å². The van der Waals surface area contributed by atoms with Crippen molar-refractivity contribution in [1.82, 2.24) is 0 Å². The van der Waals surface area contributed by atoms with Gasteiger partial charge >= 0.3 is 0 Å². The fraction of sp³-hybridized carbons (Fsp3) is 0.417. The zero-order valence-corrected chi connectivity index (χ0v) is 8.50. The third-order valence-corrected chi connectivity index (χ3v) is 2.39. The van der Waals surface area contributed by atoms with Crippen molar-refractivity contribution in [3.8, 4) is 0 Å². The van der Waals surface area contributed by atoms with E-state index in [2.05, 4.69) is 39.0 Å². The Hall–Kier alpha value is -1.11. The van der Waals surface area contributed by atoms with Crippen molar-refractivity contribution in [3.05, 3.63) is 35.4 Å². The van der Waals surface area contributed by atoms with Crippen molar-refractivity contribution < 1.29 is 4.79 Å². The molecular weight excluding hydrogens is 160 g/mol. The molecule has 1 aromatic rings. The lowest BCUT2D eigenvalue weighted by molar-refractivity contribution is -0.108. The highest BCUT2D eigenvalue weighted by Crippen LogP contribution is 2.26. The molecular formula is C12H16O. The molecule has 1 rings (SSSR count). The summed E-state index contributed by atoms with van der Waals surface area (Å²) in [7, 11) is 0. The van der Waals surface area contributed by atoms with E-state index in [0.29, 0.717) is 6.42 Å². The van der Waals surface area contributed by atoms with E-state index in [-0.39, 0.29) is 5.41 Å². The maximum atomic E-state index is 10.5. The first-order chi connectivity index (χ1) is 6.06. The molecule has 0 N–H and O–H groups in total. The Morgan fingerprint density at radius 2 is 2.08 bits per heavy atom. The lowest BCUT2D eigenvalue weighted by Crippen LogP contribution is -2.17. The van der Waals surface area contributed by atoms with Crippen LogP contribution in [0.5, 0.6) is 0 Å². The van der Waals surface area contributed by atoms with Crippen molar-refractivity contribution in [3.63, 3.8) is 0 Å². The molecule has 0 aliphatic heterocycles. The van der Waals surface area contributed by atoms with Crippen LogP contribution in [0, 0.1) is 6.92 Å². The predicted molar refractivity (Wildman–Crippen MR) is 54.9 cm³/mol. The number of hydrogen-bond acceptors (Lipinski definition) is 1. The van der Waals surface area contributed by atoms with Gasteiger partial charge in [-0.1, -0.05) is 43.7 Å². The molecule has 0 unspecified atom stereocenters. The van der Waals surface area contributed by atoms with E-state index >= 15 is 0 Å². The molecule has 0 bridgehead atoms. The van der Waals surface area contributed by atoms with Crippen LogP contribution < -0.4 is 0 Å². The third-order valence-electron chi connectivity index (χ3n) is 2.39. The second kappa shape index (κ2) is 3.73. The largest absolute Gasteiger partial charge is 0.303 e. The van der Waals surface area contributed by atoms with Gasteiger partial charge in [-0.25, -0.2) is 0 Å². The fourth-order valence-electron chi connectivity index (χ4n) is 1.39. The standard InChI is InChI=1S/C12H16O/c1-10-5-4-6-11(9-10)12(2,3)7-8-13/h4-6,8-9H,7H2,1-3H3. The van der Waals surface area contributed by atoms with E-state index in [1.807, 2.05) is 6.07 Å². The van der Waals surface area contributed by atoms with Gasteiger partial charge < -0.3 is 4.79 Å². The zero-order chi connectivity index (χ0) is 9.90. The molecule has 1 heteroatoms. The monoisotopic (exact) mass is 176 g/mol. The molecule has 0 saturated heterocycles. The Morgan fingerprint density at radius 3 is 2.62 bits per heavy atom. The molecule has 0 saturated carbocycles. The molecule has 0 atom stereocenters.